The summed E-state index contributed by atoms with van der Waals surface area (Å²) in [5.41, 5.74) is 4.00. The zero-order chi connectivity index (χ0) is 15.1. The van der Waals surface area contributed by atoms with Crippen LogP contribution in [-0.4, -0.2) is 28.3 Å². The Morgan fingerprint density at radius 3 is 2.86 bits per heavy atom. The van der Waals surface area contributed by atoms with Gasteiger partial charge in [0, 0.05) is 30.2 Å². The largest absolute Gasteiger partial charge is 0.356 e. The predicted octanol–water partition coefficient (Wildman–Crippen LogP) is 3.98. The van der Waals surface area contributed by atoms with Crippen LogP contribution in [0, 0.1) is 0 Å². The molecular weight excluding hydrogens is 338 g/mol. The van der Waals surface area contributed by atoms with Crippen molar-refractivity contribution in [3.63, 3.8) is 0 Å². The van der Waals surface area contributed by atoms with Crippen molar-refractivity contribution in [3.05, 3.63) is 70.0 Å². The van der Waals surface area contributed by atoms with Crippen molar-refractivity contribution < 1.29 is 0 Å². The Morgan fingerprint density at radius 1 is 1.23 bits per heavy atom. The minimum atomic E-state index is 0.436. The van der Waals surface area contributed by atoms with Crippen LogP contribution in [0.3, 0.4) is 0 Å². The zero-order valence-corrected chi connectivity index (χ0v) is 14.1. The quantitative estimate of drug-likeness (QED) is 0.812. The molecule has 2 heterocycles. The third kappa shape index (κ3) is 2.31. The summed E-state index contributed by atoms with van der Waals surface area (Å²) in [6.07, 6.45) is 8.77. The van der Waals surface area contributed by atoms with Crippen molar-refractivity contribution in [3.8, 4) is 0 Å². The highest BCUT2D eigenvalue weighted by Gasteiger charge is 2.28. The molecule has 112 valence electrons. The van der Waals surface area contributed by atoms with Gasteiger partial charge in [0.15, 0.2) is 0 Å². The van der Waals surface area contributed by atoms with Crippen molar-refractivity contribution in [2.45, 2.75) is 18.8 Å². The van der Waals surface area contributed by atoms with E-state index in [9.17, 15) is 0 Å². The fourth-order valence-electron chi connectivity index (χ4n) is 3.32. The molecule has 0 amide bonds. The Morgan fingerprint density at radius 2 is 2.05 bits per heavy atom. The minimum absolute atomic E-state index is 0.436. The van der Waals surface area contributed by atoms with Gasteiger partial charge in [0.25, 0.3) is 0 Å². The molecule has 1 aliphatic heterocycles. The zero-order valence-electron chi connectivity index (χ0n) is 12.5. The highest BCUT2D eigenvalue weighted by atomic mass is 79.9. The van der Waals surface area contributed by atoms with E-state index in [1.54, 1.807) is 0 Å². The third-order valence-electron chi connectivity index (χ3n) is 4.51. The topological polar surface area (TPSA) is 21.1 Å². The van der Waals surface area contributed by atoms with E-state index in [0.717, 1.165) is 23.3 Å². The second-order valence-electron chi connectivity index (χ2n) is 5.96. The average Bonchev–Trinajstić information content (AvgIpc) is 3.10. The van der Waals surface area contributed by atoms with E-state index in [1.165, 1.54) is 23.2 Å². The van der Waals surface area contributed by atoms with Gasteiger partial charge in [-0.1, -0.05) is 52.3 Å². The van der Waals surface area contributed by atoms with E-state index in [2.05, 4.69) is 76.6 Å². The highest BCUT2D eigenvalue weighted by Crippen LogP contribution is 2.37. The van der Waals surface area contributed by atoms with Gasteiger partial charge in [0.1, 0.15) is 5.82 Å². The van der Waals surface area contributed by atoms with E-state index in [0.29, 0.717) is 5.92 Å². The van der Waals surface area contributed by atoms with Crippen molar-refractivity contribution in [1.82, 2.24) is 14.7 Å². The van der Waals surface area contributed by atoms with E-state index in [1.807, 2.05) is 4.68 Å². The Labute approximate surface area is 139 Å². The fraction of sp³-hybridized carbons (Fsp3) is 0.278. The molecule has 1 atom stereocenters. The number of halogens is 1. The van der Waals surface area contributed by atoms with Crippen LogP contribution in [0.5, 0.6) is 0 Å². The molecule has 1 aromatic heterocycles. The van der Waals surface area contributed by atoms with Crippen molar-refractivity contribution in [2.24, 2.45) is 0 Å². The highest BCUT2D eigenvalue weighted by molar-refractivity contribution is 9.11. The Balaban J connectivity index is 1.71. The van der Waals surface area contributed by atoms with Gasteiger partial charge in [0.2, 0.25) is 0 Å². The molecule has 0 radical (unpaired) electrons. The lowest BCUT2D eigenvalue weighted by Gasteiger charge is -2.24. The van der Waals surface area contributed by atoms with Crippen molar-refractivity contribution in [2.75, 3.05) is 13.6 Å². The maximum Gasteiger partial charge on any atom is 0.131 e. The van der Waals surface area contributed by atoms with Gasteiger partial charge in [-0.05, 0) is 30.0 Å². The number of nitrogens with zero attached hydrogens (tertiary/aromatic N) is 3. The average molecular weight is 356 g/mol. The normalized spacial score (nSPS) is 20.6. The number of fused-ring (bicyclic) bond motifs is 1. The van der Waals surface area contributed by atoms with Crippen LogP contribution in [-0.2, 0) is 6.42 Å². The molecular formula is C18H18BrN3. The first-order valence-corrected chi connectivity index (χ1v) is 8.44. The molecule has 4 heteroatoms. The molecule has 0 fully saturated rings. The summed E-state index contributed by atoms with van der Waals surface area (Å²) < 4.78 is 3.16. The summed E-state index contributed by atoms with van der Waals surface area (Å²) in [5, 5.41) is 4.92. The van der Waals surface area contributed by atoms with E-state index >= 15 is 0 Å². The number of likely N-dealkylation sites (N-methyl/N-ethyl adjacent to an activating group) is 1. The Hall–Kier alpha value is -1.81. The van der Waals surface area contributed by atoms with Crippen LogP contribution in [0.4, 0.5) is 0 Å². The summed E-state index contributed by atoms with van der Waals surface area (Å²) in [6, 6.07) is 10.7. The standard InChI is InChI=1S/C18H18BrN3/c1-21-10-9-15(19)11-17(21)22-12-14-7-8-16(18(14)20-22)13-5-3-2-4-6-13/h2-6,9,11-12,16H,7-8,10H2,1H3. The number of allylic oxidation sites excluding steroid dienone is 2. The molecule has 1 aliphatic carbocycles. The van der Waals surface area contributed by atoms with Gasteiger partial charge in [-0.2, -0.15) is 5.10 Å². The molecule has 3 nitrogen and oxygen atoms in total. The van der Waals surface area contributed by atoms with Crippen molar-refractivity contribution >= 4 is 21.8 Å². The van der Waals surface area contributed by atoms with Gasteiger partial charge in [0.05, 0.1) is 5.69 Å². The van der Waals surface area contributed by atoms with Gasteiger partial charge >= 0.3 is 0 Å². The number of benzene rings is 1. The molecule has 0 saturated heterocycles. The number of aromatic nitrogens is 2. The minimum Gasteiger partial charge on any atom is -0.356 e. The number of hydrogen-bond acceptors (Lipinski definition) is 2. The lowest BCUT2D eigenvalue weighted by molar-refractivity contribution is 0.487. The van der Waals surface area contributed by atoms with Crippen LogP contribution in [0.25, 0.3) is 5.82 Å². The van der Waals surface area contributed by atoms with Gasteiger partial charge in [-0.3, -0.25) is 0 Å². The Bertz CT molecular complexity index is 758. The van der Waals surface area contributed by atoms with Gasteiger partial charge in [-0.25, -0.2) is 4.68 Å². The van der Waals surface area contributed by atoms with E-state index in [4.69, 9.17) is 5.10 Å². The molecule has 1 aromatic carbocycles. The predicted molar refractivity (Wildman–Crippen MR) is 92.7 cm³/mol. The smallest absolute Gasteiger partial charge is 0.131 e. The van der Waals surface area contributed by atoms with E-state index < -0.39 is 0 Å². The first-order chi connectivity index (χ1) is 10.7. The first-order valence-electron chi connectivity index (χ1n) is 7.64. The van der Waals surface area contributed by atoms with Crippen LogP contribution < -0.4 is 0 Å². The molecule has 2 aliphatic rings. The SMILES string of the molecule is CN1CC=C(Br)C=C1n1cc2c(n1)C(c1ccccc1)CC2. The summed E-state index contributed by atoms with van der Waals surface area (Å²) >= 11 is 3.58. The second-order valence-corrected chi connectivity index (χ2v) is 6.87. The lowest BCUT2D eigenvalue weighted by Crippen LogP contribution is -2.24. The van der Waals surface area contributed by atoms with E-state index in [-0.39, 0.29) is 0 Å². The summed E-state index contributed by atoms with van der Waals surface area (Å²) in [6.45, 7) is 0.902. The van der Waals surface area contributed by atoms with Crippen LogP contribution >= 0.6 is 15.9 Å². The molecule has 22 heavy (non-hydrogen) atoms. The summed E-state index contributed by atoms with van der Waals surface area (Å²) in [4.78, 5) is 2.21. The maximum absolute atomic E-state index is 4.92. The van der Waals surface area contributed by atoms with Gasteiger partial charge < -0.3 is 4.90 Å². The van der Waals surface area contributed by atoms with Gasteiger partial charge in [-0.15, -0.1) is 0 Å². The molecule has 4 rings (SSSR count). The number of rotatable bonds is 2. The molecule has 0 spiro atoms. The third-order valence-corrected chi connectivity index (χ3v) is 5.06. The first kappa shape index (κ1) is 13.8. The van der Waals surface area contributed by atoms with Crippen LogP contribution in [0.1, 0.15) is 29.2 Å². The molecule has 2 aromatic rings. The fourth-order valence-corrected chi connectivity index (χ4v) is 3.67. The van der Waals surface area contributed by atoms with Crippen molar-refractivity contribution in [1.29, 1.82) is 0 Å². The molecule has 0 bridgehead atoms. The summed E-state index contributed by atoms with van der Waals surface area (Å²) in [7, 11) is 2.10. The second kappa shape index (κ2) is 5.43. The van der Waals surface area contributed by atoms with Crippen LogP contribution in [0.15, 0.2) is 53.2 Å². The number of hydrogen-bond donors (Lipinski definition) is 0. The maximum atomic E-state index is 4.92. The molecule has 0 saturated carbocycles. The lowest BCUT2D eigenvalue weighted by atomic mass is 9.97. The monoisotopic (exact) mass is 355 g/mol. The van der Waals surface area contributed by atoms with Crippen LogP contribution in [0.2, 0.25) is 0 Å². The molecule has 1 unspecified atom stereocenters. The molecule has 0 N–H and O–H groups in total. The Kier molecular flexibility index (Phi) is 3.41. The summed E-state index contributed by atoms with van der Waals surface area (Å²) in [5.74, 6) is 1.56. The number of aryl methyl sites for hydroxylation is 1.